The number of aromatic nitrogens is 1. The number of hydrogen-bond acceptors (Lipinski definition) is 4. The Morgan fingerprint density at radius 2 is 1.71 bits per heavy atom. The molecule has 0 spiro atoms. The number of halogens is 1. The number of nitrogens with zero attached hydrogens (tertiary/aromatic N) is 1. The van der Waals surface area contributed by atoms with Gasteiger partial charge in [0.05, 0.1) is 0 Å². The minimum atomic E-state index is -0.275. The molecule has 2 amide bonds. The zero-order valence-corrected chi connectivity index (χ0v) is 16.0. The molecule has 0 unspecified atom stereocenters. The second-order valence-electron chi connectivity index (χ2n) is 6.09. The quantitative estimate of drug-likeness (QED) is 0.572. The number of nitrogens with one attached hydrogen (secondary N) is 3. The van der Waals surface area contributed by atoms with Gasteiger partial charge >= 0.3 is 0 Å². The van der Waals surface area contributed by atoms with Crippen LogP contribution in [-0.4, -0.2) is 16.8 Å². The van der Waals surface area contributed by atoms with Gasteiger partial charge in [0.15, 0.2) is 0 Å². The van der Waals surface area contributed by atoms with E-state index in [9.17, 15) is 9.59 Å². The number of rotatable bonds is 6. The molecule has 0 radical (unpaired) electrons. The van der Waals surface area contributed by atoms with E-state index in [1.807, 2.05) is 24.3 Å². The van der Waals surface area contributed by atoms with Crippen molar-refractivity contribution in [1.29, 1.82) is 0 Å². The molecule has 2 aromatic carbocycles. The van der Waals surface area contributed by atoms with Crippen molar-refractivity contribution in [3.05, 3.63) is 83.0 Å². The molecule has 3 N–H and O–H groups in total. The lowest BCUT2D eigenvalue weighted by Crippen LogP contribution is -2.13. The summed E-state index contributed by atoms with van der Waals surface area (Å²) in [6, 6.07) is 17.8. The van der Waals surface area contributed by atoms with Crippen LogP contribution >= 0.6 is 11.6 Å². The average Bonchev–Trinajstić information content (AvgIpc) is 2.67. The summed E-state index contributed by atoms with van der Waals surface area (Å²) in [5.74, 6) is 0.120. The van der Waals surface area contributed by atoms with E-state index in [4.69, 9.17) is 11.6 Å². The Morgan fingerprint density at radius 1 is 0.964 bits per heavy atom. The summed E-state index contributed by atoms with van der Waals surface area (Å²) in [6.45, 7) is 1.93. The van der Waals surface area contributed by atoms with Crippen LogP contribution in [0.5, 0.6) is 0 Å². The Hall–Kier alpha value is -3.38. The molecule has 0 saturated carbocycles. The fourth-order valence-electron chi connectivity index (χ4n) is 2.58. The maximum atomic E-state index is 12.6. The molecule has 1 heterocycles. The molecule has 0 aliphatic carbocycles. The average molecular weight is 395 g/mol. The standard InChI is InChI=1S/C21H19ClN4O2/c1-14(27)25-17-6-4-7-18(12-17)26-21(28)15-9-10-23-20(11-15)24-13-16-5-2-3-8-19(16)22/h2-12H,13H2,1H3,(H,23,24)(H,25,27)(H,26,28). The van der Waals surface area contributed by atoms with Gasteiger partial charge in [0, 0.05) is 41.6 Å². The van der Waals surface area contributed by atoms with Crippen molar-refractivity contribution in [2.24, 2.45) is 0 Å². The van der Waals surface area contributed by atoms with Gasteiger partial charge in [-0.05, 0) is 42.0 Å². The maximum Gasteiger partial charge on any atom is 0.255 e. The zero-order chi connectivity index (χ0) is 19.9. The Balaban J connectivity index is 1.67. The van der Waals surface area contributed by atoms with E-state index in [0.29, 0.717) is 34.3 Å². The third kappa shape index (κ3) is 5.31. The molecule has 0 bridgehead atoms. The van der Waals surface area contributed by atoms with E-state index >= 15 is 0 Å². The summed E-state index contributed by atoms with van der Waals surface area (Å²) < 4.78 is 0. The number of carbonyl (C=O) groups is 2. The summed E-state index contributed by atoms with van der Waals surface area (Å²) in [4.78, 5) is 28.0. The van der Waals surface area contributed by atoms with Crippen molar-refractivity contribution < 1.29 is 9.59 Å². The highest BCUT2D eigenvalue weighted by atomic mass is 35.5. The summed E-state index contributed by atoms with van der Waals surface area (Å²) in [5.41, 5.74) is 2.60. The van der Waals surface area contributed by atoms with E-state index in [1.54, 1.807) is 42.6 Å². The third-order valence-electron chi connectivity index (χ3n) is 3.88. The van der Waals surface area contributed by atoms with Crippen LogP contribution in [0.2, 0.25) is 5.02 Å². The van der Waals surface area contributed by atoms with Crippen molar-refractivity contribution in [2.75, 3.05) is 16.0 Å². The van der Waals surface area contributed by atoms with Gasteiger partial charge in [-0.25, -0.2) is 4.98 Å². The van der Waals surface area contributed by atoms with E-state index in [-0.39, 0.29) is 11.8 Å². The molecule has 0 fully saturated rings. The van der Waals surface area contributed by atoms with Crippen LogP contribution in [-0.2, 0) is 11.3 Å². The Labute approximate surface area is 168 Å². The van der Waals surface area contributed by atoms with Crippen molar-refractivity contribution in [1.82, 2.24) is 4.98 Å². The molecule has 0 saturated heterocycles. The fourth-order valence-corrected chi connectivity index (χ4v) is 2.78. The highest BCUT2D eigenvalue weighted by Crippen LogP contribution is 2.18. The van der Waals surface area contributed by atoms with Crippen LogP contribution < -0.4 is 16.0 Å². The van der Waals surface area contributed by atoms with Crippen LogP contribution in [0.3, 0.4) is 0 Å². The molecular formula is C21H19ClN4O2. The normalized spacial score (nSPS) is 10.2. The molecule has 28 heavy (non-hydrogen) atoms. The Morgan fingerprint density at radius 3 is 2.46 bits per heavy atom. The van der Waals surface area contributed by atoms with E-state index < -0.39 is 0 Å². The molecule has 0 aliphatic heterocycles. The minimum Gasteiger partial charge on any atom is -0.366 e. The second kappa shape index (κ2) is 9.01. The summed E-state index contributed by atoms with van der Waals surface area (Å²) in [6.07, 6.45) is 1.57. The van der Waals surface area contributed by atoms with Gasteiger partial charge in [-0.1, -0.05) is 35.9 Å². The molecular weight excluding hydrogens is 376 g/mol. The van der Waals surface area contributed by atoms with Gasteiger partial charge in [-0.15, -0.1) is 0 Å². The molecule has 1 aromatic heterocycles. The first-order valence-electron chi connectivity index (χ1n) is 8.63. The second-order valence-corrected chi connectivity index (χ2v) is 6.50. The van der Waals surface area contributed by atoms with Gasteiger partial charge in [0.2, 0.25) is 5.91 Å². The van der Waals surface area contributed by atoms with Crippen LogP contribution in [0.15, 0.2) is 66.9 Å². The number of hydrogen-bond donors (Lipinski definition) is 3. The Bertz CT molecular complexity index is 1010. The van der Waals surface area contributed by atoms with E-state index in [2.05, 4.69) is 20.9 Å². The maximum absolute atomic E-state index is 12.6. The van der Waals surface area contributed by atoms with E-state index in [1.165, 1.54) is 6.92 Å². The van der Waals surface area contributed by atoms with Gasteiger partial charge in [0.1, 0.15) is 5.82 Å². The molecule has 142 valence electrons. The number of pyridine rings is 1. The smallest absolute Gasteiger partial charge is 0.255 e. The summed E-state index contributed by atoms with van der Waals surface area (Å²) >= 11 is 6.16. The van der Waals surface area contributed by atoms with Crippen molar-refractivity contribution in [2.45, 2.75) is 13.5 Å². The topological polar surface area (TPSA) is 83.1 Å². The van der Waals surface area contributed by atoms with Crippen LogP contribution in [0.25, 0.3) is 0 Å². The summed E-state index contributed by atoms with van der Waals surface area (Å²) in [5, 5.41) is 9.34. The molecule has 7 heteroatoms. The fraction of sp³-hybridized carbons (Fsp3) is 0.0952. The predicted molar refractivity (Wildman–Crippen MR) is 112 cm³/mol. The first kappa shape index (κ1) is 19.4. The molecule has 3 aromatic rings. The SMILES string of the molecule is CC(=O)Nc1cccc(NC(=O)c2ccnc(NCc3ccccc3Cl)c2)c1. The largest absolute Gasteiger partial charge is 0.366 e. The van der Waals surface area contributed by atoms with Crippen molar-refractivity contribution >= 4 is 40.6 Å². The highest BCUT2D eigenvalue weighted by Gasteiger charge is 2.09. The van der Waals surface area contributed by atoms with Crippen molar-refractivity contribution in [3.8, 4) is 0 Å². The predicted octanol–water partition coefficient (Wildman–Crippen LogP) is 4.56. The molecule has 0 aliphatic rings. The molecule has 6 nitrogen and oxygen atoms in total. The highest BCUT2D eigenvalue weighted by molar-refractivity contribution is 6.31. The number of amides is 2. The Kier molecular flexibility index (Phi) is 6.24. The third-order valence-corrected chi connectivity index (χ3v) is 4.25. The lowest BCUT2D eigenvalue weighted by Gasteiger charge is -2.10. The lowest BCUT2D eigenvalue weighted by atomic mass is 10.2. The van der Waals surface area contributed by atoms with Gasteiger partial charge in [-0.3, -0.25) is 9.59 Å². The lowest BCUT2D eigenvalue weighted by molar-refractivity contribution is -0.114. The zero-order valence-electron chi connectivity index (χ0n) is 15.2. The van der Waals surface area contributed by atoms with Crippen LogP contribution in [0.4, 0.5) is 17.2 Å². The van der Waals surface area contributed by atoms with Crippen LogP contribution in [0.1, 0.15) is 22.8 Å². The molecule has 0 atom stereocenters. The van der Waals surface area contributed by atoms with E-state index in [0.717, 1.165) is 5.56 Å². The number of benzene rings is 2. The monoisotopic (exact) mass is 394 g/mol. The first-order valence-corrected chi connectivity index (χ1v) is 9.01. The van der Waals surface area contributed by atoms with Gasteiger partial charge < -0.3 is 16.0 Å². The first-order chi connectivity index (χ1) is 13.5. The molecule has 3 rings (SSSR count). The number of anilines is 3. The summed E-state index contributed by atoms with van der Waals surface area (Å²) in [7, 11) is 0. The van der Waals surface area contributed by atoms with Gasteiger partial charge in [-0.2, -0.15) is 0 Å². The van der Waals surface area contributed by atoms with Crippen molar-refractivity contribution in [3.63, 3.8) is 0 Å². The van der Waals surface area contributed by atoms with Gasteiger partial charge in [0.25, 0.3) is 5.91 Å². The van der Waals surface area contributed by atoms with Crippen LogP contribution in [0, 0.1) is 0 Å². The minimum absolute atomic E-state index is 0.174. The number of carbonyl (C=O) groups excluding carboxylic acids is 2.